The maximum Gasteiger partial charge on any atom is 0.303 e. The number of rotatable bonds is 8. The Bertz CT molecular complexity index is 921. The first-order chi connectivity index (χ1) is 13.0. The number of ether oxygens (including phenoxy) is 1. The van der Waals surface area contributed by atoms with Crippen molar-refractivity contribution >= 4 is 17.3 Å². The van der Waals surface area contributed by atoms with Crippen LogP contribution in [0.5, 0.6) is 5.75 Å². The second-order valence-corrected chi connectivity index (χ2v) is 7.52. The number of benzene rings is 1. The molecule has 0 amide bonds. The van der Waals surface area contributed by atoms with E-state index in [4.69, 9.17) is 9.84 Å². The third-order valence-electron chi connectivity index (χ3n) is 4.09. The minimum absolute atomic E-state index is 0.129. The summed E-state index contributed by atoms with van der Waals surface area (Å²) in [4.78, 5) is 17.1. The number of carboxylic acids is 1. The first kappa shape index (κ1) is 19.0. The zero-order valence-electron chi connectivity index (χ0n) is 14.9. The van der Waals surface area contributed by atoms with Crippen molar-refractivity contribution in [2.45, 2.75) is 32.8 Å². The third-order valence-corrected chi connectivity index (χ3v) is 5.12. The van der Waals surface area contributed by atoms with Crippen molar-refractivity contribution in [3.63, 3.8) is 0 Å². The lowest BCUT2D eigenvalue weighted by atomic mass is 10.1. The first-order valence-corrected chi connectivity index (χ1v) is 9.47. The van der Waals surface area contributed by atoms with E-state index >= 15 is 0 Å². The number of pyridine rings is 1. The zero-order valence-corrected chi connectivity index (χ0v) is 15.8. The lowest BCUT2D eigenvalue weighted by molar-refractivity contribution is -0.137. The number of nitrogens with zero attached hydrogens (tertiary/aromatic N) is 1. The Labute approximate surface area is 161 Å². The van der Waals surface area contributed by atoms with Crippen LogP contribution in [0, 0.1) is 12.7 Å². The van der Waals surface area contributed by atoms with Gasteiger partial charge in [-0.05, 0) is 61.7 Å². The Kier molecular flexibility index (Phi) is 6.19. The highest BCUT2D eigenvalue weighted by Gasteiger charge is 2.10. The molecule has 3 rings (SSSR count). The van der Waals surface area contributed by atoms with Crippen molar-refractivity contribution in [1.29, 1.82) is 0 Å². The molecule has 6 heteroatoms. The van der Waals surface area contributed by atoms with Crippen LogP contribution in [0.15, 0.2) is 48.7 Å². The fraction of sp³-hybridized carbons (Fsp3) is 0.238. The molecule has 1 aromatic carbocycles. The van der Waals surface area contributed by atoms with E-state index in [1.807, 2.05) is 25.1 Å². The van der Waals surface area contributed by atoms with E-state index in [1.165, 1.54) is 17.0 Å². The molecule has 0 unspecified atom stereocenters. The van der Waals surface area contributed by atoms with E-state index in [0.29, 0.717) is 18.6 Å². The second-order valence-electron chi connectivity index (χ2n) is 6.23. The van der Waals surface area contributed by atoms with Crippen LogP contribution in [0.25, 0.3) is 10.4 Å². The lowest BCUT2D eigenvalue weighted by Crippen LogP contribution is -2.00. The van der Waals surface area contributed by atoms with Crippen LogP contribution >= 0.6 is 11.3 Å². The van der Waals surface area contributed by atoms with Crippen molar-refractivity contribution in [1.82, 2.24) is 4.98 Å². The van der Waals surface area contributed by atoms with Crippen molar-refractivity contribution < 1.29 is 19.0 Å². The molecule has 4 nitrogen and oxygen atoms in total. The highest BCUT2D eigenvalue weighted by molar-refractivity contribution is 7.15. The van der Waals surface area contributed by atoms with Gasteiger partial charge in [0.15, 0.2) is 0 Å². The maximum absolute atomic E-state index is 13.7. The number of aryl methyl sites for hydroxylation is 2. The Balaban J connectivity index is 1.66. The molecule has 0 saturated heterocycles. The van der Waals surface area contributed by atoms with E-state index in [1.54, 1.807) is 29.7 Å². The van der Waals surface area contributed by atoms with E-state index in [2.05, 4.69) is 4.98 Å². The Hall–Kier alpha value is -2.73. The summed E-state index contributed by atoms with van der Waals surface area (Å²) < 4.78 is 19.5. The largest absolute Gasteiger partial charge is 0.487 e. The van der Waals surface area contributed by atoms with Gasteiger partial charge < -0.3 is 9.84 Å². The van der Waals surface area contributed by atoms with Crippen molar-refractivity contribution in [2.24, 2.45) is 0 Å². The van der Waals surface area contributed by atoms with Gasteiger partial charge in [0, 0.05) is 27.4 Å². The molecule has 0 atom stereocenters. The number of aliphatic carboxylic acids is 1. The molecule has 0 aliphatic rings. The number of thiophene rings is 1. The highest BCUT2D eigenvalue weighted by Crippen LogP contribution is 2.31. The number of hydrogen-bond donors (Lipinski definition) is 1. The summed E-state index contributed by atoms with van der Waals surface area (Å²) in [6, 6.07) is 12.4. The molecule has 0 aliphatic heterocycles. The van der Waals surface area contributed by atoms with Gasteiger partial charge in [0.1, 0.15) is 18.2 Å². The smallest absolute Gasteiger partial charge is 0.303 e. The second kappa shape index (κ2) is 8.77. The van der Waals surface area contributed by atoms with Gasteiger partial charge in [0.25, 0.3) is 0 Å². The summed E-state index contributed by atoms with van der Waals surface area (Å²) in [5.41, 5.74) is 2.57. The normalized spacial score (nSPS) is 10.7. The van der Waals surface area contributed by atoms with E-state index in [9.17, 15) is 9.18 Å². The summed E-state index contributed by atoms with van der Waals surface area (Å²) in [5.74, 6) is -0.506. The van der Waals surface area contributed by atoms with Crippen LogP contribution in [-0.2, 0) is 17.8 Å². The molecule has 0 bridgehead atoms. The summed E-state index contributed by atoms with van der Waals surface area (Å²) in [5, 5.41) is 8.67. The topological polar surface area (TPSA) is 59.4 Å². The van der Waals surface area contributed by atoms with Crippen molar-refractivity contribution in [3.8, 4) is 16.2 Å². The van der Waals surface area contributed by atoms with Gasteiger partial charge in [0.2, 0.25) is 0 Å². The molecule has 0 spiro atoms. The molecular weight excluding hydrogens is 365 g/mol. The third kappa shape index (κ3) is 5.37. The average molecular weight is 385 g/mol. The van der Waals surface area contributed by atoms with Crippen LogP contribution in [0.3, 0.4) is 0 Å². The molecule has 140 valence electrons. The van der Waals surface area contributed by atoms with Gasteiger partial charge in [-0.15, -0.1) is 11.3 Å². The number of halogens is 1. The fourth-order valence-electron chi connectivity index (χ4n) is 2.73. The Morgan fingerprint density at radius 1 is 1.22 bits per heavy atom. The van der Waals surface area contributed by atoms with Crippen LogP contribution < -0.4 is 4.74 Å². The molecule has 3 aromatic rings. The first-order valence-electron chi connectivity index (χ1n) is 8.66. The van der Waals surface area contributed by atoms with Crippen LogP contribution in [-0.4, -0.2) is 16.1 Å². The Morgan fingerprint density at radius 3 is 2.74 bits per heavy atom. The standard InChI is InChI=1S/C21H20FNO3S/c1-14-5-10-20(27-14)19-9-6-16(22)11-15(19)13-26-18-8-7-17(23-12-18)3-2-4-21(24)25/h5-12H,2-4,13H2,1H3,(H,24,25). The number of carbonyl (C=O) groups is 1. The van der Waals surface area contributed by atoms with Crippen molar-refractivity contribution in [2.75, 3.05) is 0 Å². The van der Waals surface area contributed by atoms with Gasteiger partial charge in [-0.25, -0.2) is 4.39 Å². The summed E-state index contributed by atoms with van der Waals surface area (Å²) in [6.45, 7) is 2.28. The number of aromatic nitrogens is 1. The van der Waals surface area contributed by atoms with Gasteiger partial charge in [-0.2, -0.15) is 0 Å². The lowest BCUT2D eigenvalue weighted by Gasteiger charge is -2.11. The molecule has 0 saturated carbocycles. The monoisotopic (exact) mass is 385 g/mol. The average Bonchev–Trinajstić information content (AvgIpc) is 3.07. The van der Waals surface area contributed by atoms with E-state index in [-0.39, 0.29) is 18.8 Å². The minimum atomic E-state index is -0.804. The number of carboxylic acid groups (broad SMARTS) is 1. The number of hydrogen-bond acceptors (Lipinski definition) is 4. The Morgan fingerprint density at radius 2 is 2.07 bits per heavy atom. The fourth-order valence-corrected chi connectivity index (χ4v) is 3.66. The highest BCUT2D eigenvalue weighted by atomic mass is 32.1. The molecule has 2 aromatic heterocycles. The molecular formula is C21H20FNO3S. The summed E-state index contributed by atoms with van der Waals surface area (Å²) in [6.07, 6.45) is 2.91. The van der Waals surface area contributed by atoms with Crippen LogP contribution in [0.1, 0.15) is 29.0 Å². The predicted octanol–water partition coefficient (Wildman–Crippen LogP) is 5.24. The van der Waals surface area contributed by atoms with Gasteiger partial charge in [-0.1, -0.05) is 6.07 Å². The minimum Gasteiger partial charge on any atom is -0.487 e. The molecule has 0 aliphatic carbocycles. The SMILES string of the molecule is Cc1ccc(-c2ccc(F)cc2COc2ccc(CCCC(=O)O)nc2)s1. The maximum atomic E-state index is 13.7. The molecule has 27 heavy (non-hydrogen) atoms. The molecule has 0 fully saturated rings. The molecule has 2 heterocycles. The van der Waals surface area contributed by atoms with Crippen LogP contribution in [0.4, 0.5) is 4.39 Å². The van der Waals surface area contributed by atoms with E-state index in [0.717, 1.165) is 21.7 Å². The van der Waals surface area contributed by atoms with Gasteiger partial charge >= 0.3 is 5.97 Å². The molecule has 0 radical (unpaired) electrons. The van der Waals surface area contributed by atoms with Gasteiger partial charge in [0.05, 0.1) is 6.20 Å². The summed E-state index contributed by atoms with van der Waals surface area (Å²) in [7, 11) is 0. The quantitative estimate of drug-likeness (QED) is 0.576. The van der Waals surface area contributed by atoms with E-state index < -0.39 is 5.97 Å². The van der Waals surface area contributed by atoms with Crippen LogP contribution in [0.2, 0.25) is 0 Å². The summed E-state index contributed by atoms with van der Waals surface area (Å²) >= 11 is 1.66. The zero-order chi connectivity index (χ0) is 19.2. The van der Waals surface area contributed by atoms with Crippen molar-refractivity contribution in [3.05, 3.63) is 70.6 Å². The van der Waals surface area contributed by atoms with Gasteiger partial charge in [-0.3, -0.25) is 9.78 Å². The predicted molar refractivity (Wildman–Crippen MR) is 104 cm³/mol. The molecule has 1 N–H and O–H groups in total.